The first kappa shape index (κ1) is 22.4. The number of nitrogens with zero attached hydrogens (tertiary/aromatic N) is 1. The molecule has 6 heteroatoms. The lowest BCUT2D eigenvalue weighted by Gasteiger charge is -2.35. The van der Waals surface area contributed by atoms with Crippen LogP contribution in [-0.2, 0) is 25.7 Å². The topological polar surface area (TPSA) is 67.9 Å². The second-order valence-electron chi connectivity index (χ2n) is 8.28. The van der Waals surface area contributed by atoms with Gasteiger partial charge in [-0.25, -0.2) is 0 Å². The number of hydrogen-bond donors (Lipinski definition) is 1. The zero-order chi connectivity index (χ0) is 20.6. The second-order valence-corrected chi connectivity index (χ2v) is 8.28. The van der Waals surface area contributed by atoms with Crippen molar-refractivity contribution in [2.24, 2.45) is 11.3 Å². The first-order valence-electron chi connectivity index (χ1n) is 10.2. The van der Waals surface area contributed by atoms with Gasteiger partial charge in [0.25, 0.3) is 0 Å². The third-order valence-corrected chi connectivity index (χ3v) is 4.76. The zero-order valence-electron chi connectivity index (χ0n) is 17.6. The quantitative estimate of drug-likeness (QED) is 0.690. The molecule has 1 aromatic carbocycles. The van der Waals surface area contributed by atoms with E-state index in [1.807, 2.05) is 56.9 Å². The number of nitrogens with one attached hydrogen (secondary N) is 1. The van der Waals surface area contributed by atoms with E-state index < -0.39 is 5.41 Å². The van der Waals surface area contributed by atoms with Crippen molar-refractivity contribution in [1.82, 2.24) is 4.90 Å². The molecule has 0 spiro atoms. The maximum Gasteiger partial charge on any atom is 0.229 e. The lowest BCUT2D eigenvalue weighted by atomic mass is 9.91. The number of ether oxygens (including phenoxy) is 2. The van der Waals surface area contributed by atoms with E-state index in [9.17, 15) is 9.59 Å². The molecule has 0 aromatic heterocycles. The molecule has 1 saturated heterocycles. The highest BCUT2D eigenvalue weighted by Crippen LogP contribution is 2.24. The summed E-state index contributed by atoms with van der Waals surface area (Å²) >= 11 is 0. The van der Waals surface area contributed by atoms with E-state index in [-0.39, 0.29) is 17.7 Å². The van der Waals surface area contributed by atoms with Crippen LogP contribution in [0.2, 0.25) is 0 Å². The fraction of sp³-hybridized carbons (Fsp3) is 0.636. The molecule has 156 valence electrons. The van der Waals surface area contributed by atoms with Crippen molar-refractivity contribution in [1.29, 1.82) is 0 Å². The summed E-state index contributed by atoms with van der Waals surface area (Å²) in [6.07, 6.45) is 1.66. The second kappa shape index (κ2) is 10.6. The van der Waals surface area contributed by atoms with E-state index in [0.29, 0.717) is 33.0 Å². The molecule has 1 aromatic rings. The minimum atomic E-state index is -0.422. The molecule has 1 aliphatic heterocycles. The van der Waals surface area contributed by atoms with Gasteiger partial charge in [0.2, 0.25) is 11.8 Å². The Labute approximate surface area is 168 Å². The van der Waals surface area contributed by atoms with Crippen LogP contribution in [0.1, 0.15) is 46.1 Å². The van der Waals surface area contributed by atoms with Gasteiger partial charge < -0.3 is 19.7 Å². The molecule has 0 aliphatic carbocycles. The predicted octanol–water partition coefficient (Wildman–Crippen LogP) is 3.46. The highest BCUT2D eigenvalue weighted by Gasteiger charge is 2.33. The fourth-order valence-corrected chi connectivity index (χ4v) is 3.29. The van der Waals surface area contributed by atoms with Crippen molar-refractivity contribution in [2.75, 3.05) is 38.2 Å². The van der Waals surface area contributed by atoms with Crippen molar-refractivity contribution in [3.8, 4) is 0 Å². The van der Waals surface area contributed by atoms with Crippen LogP contribution in [0.5, 0.6) is 0 Å². The van der Waals surface area contributed by atoms with E-state index in [2.05, 4.69) is 5.32 Å². The first-order chi connectivity index (χ1) is 13.3. The number of carbonyl (C=O) groups excluding carboxylic acids is 2. The normalized spacial score (nSPS) is 17.4. The van der Waals surface area contributed by atoms with Gasteiger partial charge in [0.05, 0.1) is 25.7 Å². The third kappa shape index (κ3) is 6.91. The van der Waals surface area contributed by atoms with Gasteiger partial charge in [-0.1, -0.05) is 32.9 Å². The van der Waals surface area contributed by atoms with E-state index in [4.69, 9.17) is 9.47 Å². The Kier molecular flexibility index (Phi) is 8.45. The molecule has 1 aliphatic rings. The van der Waals surface area contributed by atoms with Gasteiger partial charge in [-0.05, 0) is 37.5 Å². The Morgan fingerprint density at radius 1 is 1.21 bits per heavy atom. The largest absolute Gasteiger partial charge is 0.379 e. The SMILES string of the molecule is CCOCCOCc1cccc(NC(=O)C2CCCN(C(=O)C(C)(C)C)C2)c1. The van der Waals surface area contributed by atoms with E-state index in [0.717, 1.165) is 30.6 Å². The van der Waals surface area contributed by atoms with Crippen LogP contribution in [0.4, 0.5) is 5.69 Å². The Morgan fingerprint density at radius 2 is 1.96 bits per heavy atom. The summed E-state index contributed by atoms with van der Waals surface area (Å²) in [6.45, 7) is 11.2. The maximum absolute atomic E-state index is 12.7. The average molecular weight is 391 g/mol. The van der Waals surface area contributed by atoms with Crippen molar-refractivity contribution >= 4 is 17.5 Å². The fourth-order valence-electron chi connectivity index (χ4n) is 3.29. The van der Waals surface area contributed by atoms with Gasteiger partial charge in [0, 0.05) is 30.8 Å². The molecule has 1 N–H and O–H groups in total. The standard InChI is InChI=1S/C22H34N2O4/c1-5-27-12-13-28-16-17-8-6-10-19(14-17)23-20(25)18-9-7-11-24(15-18)21(26)22(2,3)4/h6,8,10,14,18H,5,7,9,11-13,15-16H2,1-4H3,(H,23,25). The molecule has 1 atom stereocenters. The summed E-state index contributed by atoms with van der Waals surface area (Å²) in [5.74, 6) is -0.0943. The number of hydrogen-bond acceptors (Lipinski definition) is 4. The van der Waals surface area contributed by atoms with Crippen molar-refractivity contribution in [3.63, 3.8) is 0 Å². The van der Waals surface area contributed by atoms with Gasteiger partial charge in [-0.2, -0.15) is 0 Å². The van der Waals surface area contributed by atoms with Crippen LogP contribution in [0.3, 0.4) is 0 Å². The molecule has 28 heavy (non-hydrogen) atoms. The number of amides is 2. The van der Waals surface area contributed by atoms with Gasteiger partial charge in [-0.3, -0.25) is 9.59 Å². The van der Waals surface area contributed by atoms with E-state index in [1.165, 1.54) is 0 Å². The van der Waals surface area contributed by atoms with Gasteiger partial charge >= 0.3 is 0 Å². The predicted molar refractivity (Wildman–Crippen MR) is 110 cm³/mol. The molecule has 0 bridgehead atoms. The average Bonchev–Trinajstić information content (AvgIpc) is 2.67. The lowest BCUT2D eigenvalue weighted by Crippen LogP contribution is -2.47. The van der Waals surface area contributed by atoms with Gasteiger partial charge in [0.1, 0.15) is 0 Å². The molecular weight excluding hydrogens is 356 g/mol. The zero-order valence-corrected chi connectivity index (χ0v) is 17.6. The number of carbonyl (C=O) groups is 2. The monoisotopic (exact) mass is 390 g/mol. The summed E-state index contributed by atoms with van der Waals surface area (Å²) in [7, 11) is 0. The smallest absolute Gasteiger partial charge is 0.229 e. The Balaban J connectivity index is 1.88. The summed E-state index contributed by atoms with van der Waals surface area (Å²) < 4.78 is 10.8. The molecule has 0 saturated carbocycles. The highest BCUT2D eigenvalue weighted by molar-refractivity contribution is 5.93. The van der Waals surface area contributed by atoms with Crippen molar-refractivity contribution in [2.45, 2.75) is 47.1 Å². The molecule has 0 radical (unpaired) electrons. The Hall–Kier alpha value is -1.92. The molecule has 1 fully saturated rings. The lowest BCUT2D eigenvalue weighted by molar-refractivity contribution is -0.142. The summed E-state index contributed by atoms with van der Waals surface area (Å²) in [5.41, 5.74) is 1.34. The van der Waals surface area contributed by atoms with Crippen LogP contribution in [0.25, 0.3) is 0 Å². The van der Waals surface area contributed by atoms with Crippen LogP contribution < -0.4 is 5.32 Å². The van der Waals surface area contributed by atoms with Crippen molar-refractivity contribution < 1.29 is 19.1 Å². The highest BCUT2D eigenvalue weighted by atomic mass is 16.5. The summed E-state index contributed by atoms with van der Waals surface area (Å²) in [6, 6.07) is 7.69. The summed E-state index contributed by atoms with van der Waals surface area (Å²) in [5, 5.41) is 3.00. The number of rotatable bonds is 8. The van der Waals surface area contributed by atoms with Gasteiger partial charge in [0.15, 0.2) is 0 Å². The van der Waals surface area contributed by atoms with Gasteiger partial charge in [-0.15, -0.1) is 0 Å². The van der Waals surface area contributed by atoms with Crippen molar-refractivity contribution in [3.05, 3.63) is 29.8 Å². The first-order valence-corrected chi connectivity index (χ1v) is 10.2. The third-order valence-electron chi connectivity index (χ3n) is 4.76. The minimum Gasteiger partial charge on any atom is -0.379 e. The summed E-state index contributed by atoms with van der Waals surface area (Å²) in [4.78, 5) is 27.1. The van der Waals surface area contributed by atoms with E-state index in [1.54, 1.807) is 0 Å². The maximum atomic E-state index is 12.7. The molecule has 6 nitrogen and oxygen atoms in total. The Bertz CT molecular complexity index is 654. The van der Waals surface area contributed by atoms with Crippen LogP contribution >= 0.6 is 0 Å². The van der Waals surface area contributed by atoms with Crippen LogP contribution in [0.15, 0.2) is 24.3 Å². The van der Waals surface area contributed by atoms with Crippen LogP contribution in [0, 0.1) is 11.3 Å². The molecule has 1 heterocycles. The molecule has 2 rings (SSSR count). The van der Waals surface area contributed by atoms with Crippen LogP contribution in [-0.4, -0.2) is 49.6 Å². The van der Waals surface area contributed by atoms with E-state index >= 15 is 0 Å². The number of anilines is 1. The molecule has 1 unspecified atom stereocenters. The number of benzene rings is 1. The Morgan fingerprint density at radius 3 is 2.68 bits per heavy atom. The number of likely N-dealkylation sites (tertiary alicyclic amines) is 1. The molecule has 2 amide bonds. The number of piperidine rings is 1. The minimum absolute atomic E-state index is 0.0270. The molecular formula is C22H34N2O4.